The van der Waals surface area contributed by atoms with Gasteiger partial charge in [-0.3, -0.25) is 15.0 Å². The molecule has 2 aromatic rings. The van der Waals surface area contributed by atoms with E-state index < -0.39 is 14.9 Å². The van der Waals surface area contributed by atoms with Crippen molar-refractivity contribution in [2.24, 2.45) is 5.92 Å². The number of rotatable bonds is 7. The number of aryl methyl sites for hydroxylation is 1. The van der Waals surface area contributed by atoms with Crippen molar-refractivity contribution >= 4 is 15.7 Å². The van der Waals surface area contributed by atoms with Gasteiger partial charge in [-0.2, -0.15) is 0 Å². The number of nitro benzene ring substituents is 1. The Balaban J connectivity index is 1.54. The van der Waals surface area contributed by atoms with Gasteiger partial charge in [0.25, 0.3) is 5.69 Å². The van der Waals surface area contributed by atoms with Crippen molar-refractivity contribution in [3.63, 3.8) is 0 Å². The average molecular weight is 404 g/mol. The first kappa shape index (κ1) is 20.4. The van der Waals surface area contributed by atoms with Gasteiger partial charge in [0.15, 0.2) is 0 Å². The van der Waals surface area contributed by atoms with E-state index in [4.69, 9.17) is 0 Å². The molecule has 0 radical (unpaired) electrons. The Morgan fingerprint density at radius 2 is 1.82 bits per heavy atom. The minimum absolute atomic E-state index is 0.0887. The fourth-order valence-electron chi connectivity index (χ4n) is 3.47. The van der Waals surface area contributed by atoms with Gasteiger partial charge in [0, 0.05) is 31.8 Å². The average Bonchev–Trinajstić information content (AvgIpc) is 2.68. The van der Waals surface area contributed by atoms with Gasteiger partial charge in [0.2, 0.25) is 10.0 Å². The monoisotopic (exact) mass is 403 g/mol. The van der Waals surface area contributed by atoms with Gasteiger partial charge >= 0.3 is 0 Å². The first-order chi connectivity index (χ1) is 13.3. The maximum Gasteiger partial charge on any atom is 0.269 e. The molecular weight excluding hydrogens is 378 g/mol. The molecule has 0 saturated carbocycles. The molecule has 1 fully saturated rings. The highest BCUT2D eigenvalue weighted by molar-refractivity contribution is 7.89. The van der Waals surface area contributed by atoms with E-state index in [2.05, 4.69) is 9.62 Å². The molecule has 150 valence electrons. The standard InChI is InChI=1S/C20H25N3O4S/c1-16-4-10-20(11-5-16)28(26,27)21-13-18-3-2-12-22(15-18)14-17-6-8-19(9-7-17)23(24)25/h4-11,18,21H,2-3,12-15H2,1H3. The maximum atomic E-state index is 12.5. The van der Waals surface area contributed by atoms with Gasteiger partial charge in [0.05, 0.1) is 9.82 Å². The number of benzene rings is 2. The van der Waals surface area contributed by atoms with Crippen LogP contribution in [-0.4, -0.2) is 37.9 Å². The van der Waals surface area contributed by atoms with Crippen LogP contribution >= 0.6 is 0 Å². The number of hydrogen-bond donors (Lipinski definition) is 1. The van der Waals surface area contributed by atoms with Gasteiger partial charge in [-0.1, -0.05) is 29.8 Å². The van der Waals surface area contributed by atoms with Crippen molar-refractivity contribution in [3.05, 3.63) is 69.8 Å². The van der Waals surface area contributed by atoms with Crippen molar-refractivity contribution in [3.8, 4) is 0 Å². The van der Waals surface area contributed by atoms with Gasteiger partial charge in [-0.15, -0.1) is 0 Å². The fraction of sp³-hybridized carbons (Fsp3) is 0.400. The van der Waals surface area contributed by atoms with Crippen molar-refractivity contribution in [1.82, 2.24) is 9.62 Å². The van der Waals surface area contributed by atoms with E-state index in [1.807, 2.05) is 6.92 Å². The molecule has 0 aliphatic carbocycles. The lowest BCUT2D eigenvalue weighted by atomic mass is 9.98. The molecule has 1 N–H and O–H groups in total. The summed E-state index contributed by atoms with van der Waals surface area (Å²) in [5.41, 5.74) is 2.13. The second-order valence-corrected chi connectivity index (χ2v) is 9.10. The lowest BCUT2D eigenvalue weighted by Gasteiger charge is -2.32. The predicted molar refractivity (Wildman–Crippen MR) is 107 cm³/mol. The van der Waals surface area contributed by atoms with E-state index in [0.29, 0.717) is 13.1 Å². The molecule has 28 heavy (non-hydrogen) atoms. The van der Waals surface area contributed by atoms with Crippen LogP contribution in [-0.2, 0) is 16.6 Å². The maximum absolute atomic E-state index is 12.5. The van der Waals surface area contributed by atoms with Crippen molar-refractivity contribution < 1.29 is 13.3 Å². The lowest BCUT2D eigenvalue weighted by molar-refractivity contribution is -0.384. The molecule has 1 aliphatic rings. The first-order valence-electron chi connectivity index (χ1n) is 9.35. The molecule has 2 aromatic carbocycles. The number of nitrogens with one attached hydrogen (secondary N) is 1. The van der Waals surface area contributed by atoms with E-state index in [1.165, 1.54) is 12.1 Å². The van der Waals surface area contributed by atoms with Crippen LogP contribution in [0.3, 0.4) is 0 Å². The third-order valence-corrected chi connectivity index (χ3v) is 6.49. The highest BCUT2D eigenvalue weighted by Gasteiger charge is 2.22. The van der Waals surface area contributed by atoms with Crippen molar-refractivity contribution in [2.45, 2.75) is 31.2 Å². The molecule has 0 amide bonds. The number of sulfonamides is 1. The highest BCUT2D eigenvalue weighted by Crippen LogP contribution is 2.20. The van der Waals surface area contributed by atoms with Crippen LogP contribution in [0, 0.1) is 23.0 Å². The SMILES string of the molecule is Cc1ccc(S(=O)(=O)NCC2CCCN(Cc3ccc([N+](=O)[O-])cc3)C2)cc1. The minimum Gasteiger partial charge on any atom is -0.299 e. The van der Waals surface area contributed by atoms with E-state index in [0.717, 1.165) is 37.1 Å². The van der Waals surface area contributed by atoms with Crippen LogP contribution in [0.2, 0.25) is 0 Å². The smallest absolute Gasteiger partial charge is 0.269 e. The lowest BCUT2D eigenvalue weighted by Crippen LogP contribution is -2.40. The topological polar surface area (TPSA) is 92.6 Å². The quantitative estimate of drug-likeness (QED) is 0.566. The molecule has 1 atom stereocenters. The molecule has 3 rings (SSSR count). The Bertz CT molecular complexity index is 911. The van der Waals surface area contributed by atoms with Gasteiger partial charge in [-0.25, -0.2) is 13.1 Å². The summed E-state index contributed by atoms with van der Waals surface area (Å²) < 4.78 is 27.7. The van der Waals surface area contributed by atoms with Gasteiger partial charge in [-0.05, 0) is 49.9 Å². The van der Waals surface area contributed by atoms with Crippen LogP contribution in [0.4, 0.5) is 5.69 Å². The summed E-state index contributed by atoms with van der Waals surface area (Å²) >= 11 is 0. The molecule has 0 bridgehead atoms. The zero-order valence-electron chi connectivity index (χ0n) is 15.9. The van der Waals surface area contributed by atoms with Crippen LogP contribution < -0.4 is 4.72 Å². The second-order valence-electron chi connectivity index (χ2n) is 7.33. The van der Waals surface area contributed by atoms with Crippen LogP contribution in [0.15, 0.2) is 53.4 Å². The van der Waals surface area contributed by atoms with Crippen LogP contribution in [0.25, 0.3) is 0 Å². The fourth-order valence-corrected chi connectivity index (χ4v) is 4.59. The first-order valence-corrected chi connectivity index (χ1v) is 10.8. The zero-order chi connectivity index (χ0) is 20.1. The number of likely N-dealkylation sites (tertiary alicyclic amines) is 1. The Morgan fingerprint density at radius 3 is 2.46 bits per heavy atom. The molecule has 1 heterocycles. The summed E-state index contributed by atoms with van der Waals surface area (Å²) in [5, 5.41) is 10.8. The zero-order valence-corrected chi connectivity index (χ0v) is 16.7. The normalized spacial score (nSPS) is 18.1. The number of nitro groups is 1. The van der Waals surface area contributed by atoms with E-state index in [1.54, 1.807) is 36.4 Å². The Hall–Kier alpha value is -2.29. The van der Waals surface area contributed by atoms with E-state index in [9.17, 15) is 18.5 Å². The summed E-state index contributed by atoms with van der Waals surface area (Å²) in [6, 6.07) is 13.4. The summed E-state index contributed by atoms with van der Waals surface area (Å²) in [4.78, 5) is 12.9. The highest BCUT2D eigenvalue weighted by atomic mass is 32.2. The summed E-state index contributed by atoms with van der Waals surface area (Å²) in [6.45, 7) is 4.78. The third kappa shape index (κ3) is 5.37. The Morgan fingerprint density at radius 1 is 1.14 bits per heavy atom. The summed E-state index contributed by atoms with van der Waals surface area (Å²) in [7, 11) is -3.50. The van der Waals surface area contributed by atoms with Gasteiger partial charge in [0.1, 0.15) is 0 Å². The molecule has 1 saturated heterocycles. The number of hydrogen-bond acceptors (Lipinski definition) is 5. The third-order valence-electron chi connectivity index (χ3n) is 5.05. The van der Waals surface area contributed by atoms with Crippen LogP contribution in [0.1, 0.15) is 24.0 Å². The van der Waals surface area contributed by atoms with E-state index in [-0.39, 0.29) is 16.5 Å². The second kappa shape index (κ2) is 8.81. The largest absolute Gasteiger partial charge is 0.299 e. The molecule has 0 aromatic heterocycles. The van der Waals surface area contributed by atoms with Crippen LogP contribution in [0.5, 0.6) is 0 Å². The molecule has 0 spiro atoms. The Labute approximate surface area is 165 Å². The number of piperidine rings is 1. The summed E-state index contributed by atoms with van der Waals surface area (Å²) in [5.74, 6) is 0.243. The molecule has 7 nitrogen and oxygen atoms in total. The van der Waals surface area contributed by atoms with Gasteiger partial charge < -0.3 is 0 Å². The molecule has 1 unspecified atom stereocenters. The Kier molecular flexibility index (Phi) is 6.43. The van der Waals surface area contributed by atoms with Crippen molar-refractivity contribution in [1.29, 1.82) is 0 Å². The van der Waals surface area contributed by atoms with E-state index >= 15 is 0 Å². The summed E-state index contributed by atoms with van der Waals surface area (Å²) in [6.07, 6.45) is 1.98. The van der Waals surface area contributed by atoms with Crippen molar-refractivity contribution in [2.75, 3.05) is 19.6 Å². The molecule has 1 aliphatic heterocycles. The molecular formula is C20H25N3O4S. The number of nitrogens with zero attached hydrogens (tertiary/aromatic N) is 2. The molecule has 8 heteroatoms. The minimum atomic E-state index is -3.50. The predicted octanol–water partition coefficient (Wildman–Crippen LogP) is 3.09. The number of non-ortho nitro benzene ring substituents is 1.